The van der Waals surface area contributed by atoms with Gasteiger partial charge < -0.3 is 4.80 Å². The molecule has 128 valence electrons. The normalized spacial score (nSPS) is 22.7. The fourth-order valence-corrected chi connectivity index (χ4v) is 4.45. The number of carbonyl (C=O) groups excluding carboxylic acids is 1. The van der Waals surface area contributed by atoms with E-state index in [-0.39, 0.29) is 16.7 Å². The van der Waals surface area contributed by atoms with Crippen LogP contribution in [-0.2, 0) is 4.79 Å². The van der Waals surface area contributed by atoms with Crippen molar-refractivity contribution in [3.05, 3.63) is 33.8 Å². The molecule has 5 heteroatoms. The van der Waals surface area contributed by atoms with E-state index in [9.17, 15) is 9.59 Å². The number of rotatable bonds is 5. The zero-order valence-corrected chi connectivity index (χ0v) is 16.8. The number of halogens is 2. The quantitative estimate of drug-likeness (QED) is 0.661. The minimum absolute atomic E-state index is 0.0357. The molecule has 23 heavy (non-hydrogen) atoms. The lowest BCUT2D eigenvalue weighted by Gasteiger charge is -2.35. The van der Waals surface area contributed by atoms with Gasteiger partial charge in [0.25, 0.3) is 0 Å². The second-order valence-corrected chi connectivity index (χ2v) is 13.3. The number of benzene rings is 1. The van der Waals surface area contributed by atoms with Crippen molar-refractivity contribution in [2.45, 2.75) is 63.6 Å². The first-order valence-corrected chi connectivity index (χ1v) is 11.9. The highest BCUT2D eigenvalue weighted by molar-refractivity contribution is 6.72. The largest absolute Gasteiger partial charge is 0.432 e. The molecule has 1 aliphatic carbocycles. The monoisotopic (exact) mass is 372 g/mol. The van der Waals surface area contributed by atoms with Gasteiger partial charge in [0.1, 0.15) is 5.78 Å². The summed E-state index contributed by atoms with van der Waals surface area (Å²) < 4.78 is 0. The van der Waals surface area contributed by atoms with Crippen LogP contribution in [-0.4, -0.2) is 18.9 Å². The van der Waals surface area contributed by atoms with Crippen LogP contribution in [0.2, 0.25) is 28.2 Å². The van der Waals surface area contributed by atoms with Crippen LogP contribution in [0.3, 0.4) is 0 Å². The molecular formula is C18H26Cl2O2Si. The summed E-state index contributed by atoms with van der Waals surface area (Å²) in [5.41, 5.74) is 0.902. The Morgan fingerprint density at radius 3 is 2.52 bits per heavy atom. The van der Waals surface area contributed by atoms with Crippen LogP contribution in [0, 0.1) is 5.92 Å². The average Bonchev–Trinajstić information content (AvgIpc) is 2.76. The average molecular weight is 373 g/mol. The Hall–Kier alpha value is -0.353. The molecule has 1 N–H and O–H groups in total. The third-order valence-corrected chi connectivity index (χ3v) is 9.74. The molecule has 1 fully saturated rings. The molecule has 0 amide bonds. The molecule has 2 atom stereocenters. The predicted molar refractivity (Wildman–Crippen MR) is 99.9 cm³/mol. The SMILES string of the molecule is CC(C)(CCC1CC(=O)C(c2ccc(Cl)cc2Cl)C1)[Si](C)(C)O. The highest BCUT2D eigenvalue weighted by Crippen LogP contribution is 2.45. The second-order valence-electron chi connectivity index (χ2n) is 7.97. The van der Waals surface area contributed by atoms with Gasteiger partial charge in [-0.15, -0.1) is 0 Å². The van der Waals surface area contributed by atoms with Gasteiger partial charge in [-0.3, -0.25) is 4.79 Å². The van der Waals surface area contributed by atoms with E-state index in [2.05, 4.69) is 13.8 Å². The number of carbonyl (C=O) groups is 1. The Kier molecular flexibility index (Phi) is 5.67. The van der Waals surface area contributed by atoms with Crippen molar-refractivity contribution < 1.29 is 9.59 Å². The van der Waals surface area contributed by atoms with Crippen molar-refractivity contribution in [1.29, 1.82) is 0 Å². The van der Waals surface area contributed by atoms with Gasteiger partial charge in [-0.25, -0.2) is 0 Å². The molecule has 1 aromatic carbocycles. The first-order valence-electron chi connectivity index (χ1n) is 8.21. The van der Waals surface area contributed by atoms with Gasteiger partial charge in [0.2, 0.25) is 0 Å². The topological polar surface area (TPSA) is 37.3 Å². The van der Waals surface area contributed by atoms with Crippen LogP contribution < -0.4 is 0 Å². The zero-order valence-electron chi connectivity index (χ0n) is 14.3. The van der Waals surface area contributed by atoms with Gasteiger partial charge in [0.15, 0.2) is 8.32 Å². The lowest BCUT2D eigenvalue weighted by atomic mass is 9.92. The van der Waals surface area contributed by atoms with E-state index in [0.717, 1.165) is 24.8 Å². The maximum Gasteiger partial charge on any atom is 0.188 e. The molecule has 0 heterocycles. The van der Waals surface area contributed by atoms with Crippen molar-refractivity contribution in [2.75, 3.05) is 0 Å². The fraction of sp³-hybridized carbons (Fsp3) is 0.611. The summed E-state index contributed by atoms with van der Waals surface area (Å²) in [5, 5.41) is 1.14. The Morgan fingerprint density at radius 2 is 1.96 bits per heavy atom. The van der Waals surface area contributed by atoms with Crippen LogP contribution in [0.5, 0.6) is 0 Å². The molecule has 0 aromatic heterocycles. The summed E-state index contributed by atoms with van der Waals surface area (Å²) in [7, 11) is -2.19. The fourth-order valence-electron chi connectivity index (χ4n) is 3.15. The molecule has 2 rings (SSSR count). The Labute approximate surface area is 150 Å². The molecule has 0 radical (unpaired) electrons. The minimum atomic E-state index is -2.19. The van der Waals surface area contributed by atoms with E-state index in [4.69, 9.17) is 23.2 Å². The molecule has 0 spiro atoms. The van der Waals surface area contributed by atoms with Gasteiger partial charge >= 0.3 is 0 Å². The lowest BCUT2D eigenvalue weighted by molar-refractivity contribution is -0.118. The number of Topliss-reactive ketones (excluding diaryl/α,β-unsaturated/α-hetero) is 1. The predicted octanol–water partition coefficient (Wildman–Crippen LogP) is 5.81. The van der Waals surface area contributed by atoms with Crippen LogP contribution in [0.1, 0.15) is 51.0 Å². The Morgan fingerprint density at radius 1 is 1.30 bits per heavy atom. The van der Waals surface area contributed by atoms with Gasteiger partial charge in [-0.2, -0.15) is 0 Å². The van der Waals surface area contributed by atoms with Crippen LogP contribution in [0.4, 0.5) is 0 Å². The van der Waals surface area contributed by atoms with E-state index in [1.54, 1.807) is 12.1 Å². The van der Waals surface area contributed by atoms with Gasteiger partial charge in [0, 0.05) is 22.4 Å². The molecule has 2 nitrogen and oxygen atoms in total. The summed E-state index contributed by atoms with van der Waals surface area (Å²) in [6.07, 6.45) is 3.41. The first kappa shape index (κ1) is 19.0. The van der Waals surface area contributed by atoms with E-state index >= 15 is 0 Å². The smallest absolute Gasteiger partial charge is 0.188 e. The lowest BCUT2D eigenvalue weighted by Crippen LogP contribution is -2.39. The highest BCUT2D eigenvalue weighted by Gasteiger charge is 2.40. The van der Waals surface area contributed by atoms with Crippen molar-refractivity contribution in [1.82, 2.24) is 0 Å². The van der Waals surface area contributed by atoms with Crippen LogP contribution in [0.15, 0.2) is 18.2 Å². The van der Waals surface area contributed by atoms with Gasteiger partial charge in [-0.05, 0) is 61.0 Å². The highest BCUT2D eigenvalue weighted by atomic mass is 35.5. The summed E-state index contributed by atoms with van der Waals surface area (Å²) in [6, 6.07) is 5.39. The van der Waals surface area contributed by atoms with E-state index < -0.39 is 8.32 Å². The summed E-state index contributed by atoms with van der Waals surface area (Å²) in [6.45, 7) is 8.26. The molecular weight excluding hydrogens is 347 g/mol. The van der Waals surface area contributed by atoms with Crippen LogP contribution >= 0.6 is 23.2 Å². The van der Waals surface area contributed by atoms with Gasteiger partial charge in [-0.1, -0.05) is 43.1 Å². The number of hydrogen-bond donors (Lipinski definition) is 1. The summed E-state index contributed by atoms with van der Waals surface area (Å²) >= 11 is 12.2. The minimum Gasteiger partial charge on any atom is -0.432 e. The third-order valence-electron chi connectivity index (χ3n) is 5.62. The molecule has 1 aromatic rings. The molecule has 0 bridgehead atoms. The van der Waals surface area contributed by atoms with E-state index in [1.165, 1.54) is 0 Å². The Balaban J connectivity index is 2.03. The van der Waals surface area contributed by atoms with Crippen LogP contribution in [0.25, 0.3) is 0 Å². The van der Waals surface area contributed by atoms with E-state index in [1.807, 2.05) is 19.2 Å². The molecule has 0 saturated heterocycles. The Bertz CT molecular complexity index is 593. The first-order chi connectivity index (χ1) is 10.5. The molecule has 0 aliphatic heterocycles. The number of hydrogen-bond acceptors (Lipinski definition) is 2. The maximum atomic E-state index is 12.4. The second kappa shape index (κ2) is 6.87. The summed E-state index contributed by atoms with van der Waals surface area (Å²) in [4.78, 5) is 22.8. The van der Waals surface area contributed by atoms with Gasteiger partial charge in [0.05, 0.1) is 0 Å². The maximum absolute atomic E-state index is 12.4. The molecule has 1 aliphatic rings. The molecule has 2 unspecified atom stereocenters. The zero-order chi connectivity index (χ0) is 17.4. The standard InChI is InChI=1S/C18H26Cl2O2Si/c1-18(2,23(3,4)22)8-7-12-9-15(17(21)10-12)14-6-5-13(19)11-16(14)20/h5-6,11-12,15,22H,7-10H2,1-4H3. The van der Waals surface area contributed by atoms with Crippen molar-refractivity contribution in [3.63, 3.8) is 0 Å². The molecule has 1 saturated carbocycles. The summed E-state index contributed by atoms with van der Waals surface area (Å²) in [5.74, 6) is 0.555. The van der Waals surface area contributed by atoms with Crippen molar-refractivity contribution >= 4 is 37.3 Å². The van der Waals surface area contributed by atoms with Crippen molar-refractivity contribution in [3.8, 4) is 0 Å². The third kappa shape index (κ3) is 4.39. The number of ketones is 1. The van der Waals surface area contributed by atoms with E-state index in [0.29, 0.717) is 22.4 Å². The van der Waals surface area contributed by atoms with Crippen molar-refractivity contribution in [2.24, 2.45) is 5.92 Å².